The third-order valence-electron chi connectivity index (χ3n) is 4.90. The SMILES string of the molecule is N#Cc1ccc(-c2c(-c3ccc(OCc4ccc(Cl)cc4)cc3O)n[nH]c2C(F)(F)F)cc1. The number of nitriles is 1. The molecule has 0 atom stereocenters. The van der Waals surface area contributed by atoms with Gasteiger partial charge in [-0.2, -0.15) is 23.5 Å². The number of phenols is 1. The zero-order valence-electron chi connectivity index (χ0n) is 16.8. The van der Waals surface area contributed by atoms with E-state index in [-0.39, 0.29) is 34.7 Å². The summed E-state index contributed by atoms with van der Waals surface area (Å²) in [5.74, 6) is 0.0384. The number of halogens is 4. The van der Waals surface area contributed by atoms with Crippen molar-refractivity contribution in [2.45, 2.75) is 12.8 Å². The Balaban J connectivity index is 1.69. The van der Waals surface area contributed by atoms with Gasteiger partial charge < -0.3 is 9.84 Å². The average molecular weight is 470 g/mol. The first kappa shape index (κ1) is 22.2. The second-order valence-electron chi connectivity index (χ2n) is 7.10. The monoisotopic (exact) mass is 469 g/mol. The number of rotatable bonds is 5. The van der Waals surface area contributed by atoms with Crippen LogP contribution in [0, 0.1) is 11.3 Å². The number of aromatic nitrogens is 2. The van der Waals surface area contributed by atoms with Crippen molar-refractivity contribution in [2.75, 3.05) is 0 Å². The molecular formula is C24H15ClF3N3O2. The van der Waals surface area contributed by atoms with Crippen LogP contribution >= 0.6 is 11.6 Å². The van der Waals surface area contributed by atoms with Crippen LogP contribution in [0.5, 0.6) is 11.5 Å². The first-order chi connectivity index (χ1) is 15.8. The van der Waals surface area contributed by atoms with Gasteiger partial charge in [-0.25, -0.2) is 0 Å². The lowest BCUT2D eigenvalue weighted by Gasteiger charge is -2.11. The average Bonchev–Trinajstić information content (AvgIpc) is 3.24. The fourth-order valence-electron chi connectivity index (χ4n) is 3.28. The van der Waals surface area contributed by atoms with Gasteiger partial charge in [0.15, 0.2) is 0 Å². The summed E-state index contributed by atoms with van der Waals surface area (Å²) in [6.45, 7) is 0.215. The van der Waals surface area contributed by atoms with Crippen molar-refractivity contribution in [1.82, 2.24) is 10.2 Å². The number of ether oxygens (including phenoxy) is 1. The fourth-order valence-corrected chi connectivity index (χ4v) is 3.41. The van der Waals surface area contributed by atoms with Gasteiger partial charge >= 0.3 is 6.18 Å². The van der Waals surface area contributed by atoms with Crippen molar-refractivity contribution in [3.05, 3.63) is 88.6 Å². The molecule has 33 heavy (non-hydrogen) atoms. The van der Waals surface area contributed by atoms with E-state index in [4.69, 9.17) is 21.6 Å². The topological polar surface area (TPSA) is 81.9 Å². The van der Waals surface area contributed by atoms with Crippen molar-refractivity contribution in [1.29, 1.82) is 5.26 Å². The molecule has 0 saturated heterocycles. The lowest BCUT2D eigenvalue weighted by molar-refractivity contribution is -0.140. The number of nitrogens with zero attached hydrogens (tertiary/aromatic N) is 2. The maximum Gasteiger partial charge on any atom is 0.433 e. The summed E-state index contributed by atoms with van der Waals surface area (Å²) in [5, 5.41) is 26.0. The van der Waals surface area contributed by atoms with Crippen LogP contribution in [0.25, 0.3) is 22.4 Å². The maximum absolute atomic E-state index is 13.6. The molecule has 1 aromatic heterocycles. The Morgan fingerprint density at radius 2 is 1.73 bits per heavy atom. The number of alkyl halides is 3. The van der Waals surface area contributed by atoms with Crippen LogP contribution in [-0.2, 0) is 12.8 Å². The van der Waals surface area contributed by atoms with E-state index in [0.717, 1.165) is 5.56 Å². The van der Waals surface area contributed by atoms with Crippen LogP contribution in [0.2, 0.25) is 5.02 Å². The molecule has 0 amide bonds. The molecule has 0 spiro atoms. The molecule has 4 aromatic rings. The molecule has 5 nitrogen and oxygen atoms in total. The molecule has 0 fully saturated rings. The minimum atomic E-state index is -4.70. The molecule has 3 aromatic carbocycles. The van der Waals surface area contributed by atoms with Gasteiger partial charge in [0.1, 0.15) is 29.5 Å². The van der Waals surface area contributed by atoms with Crippen LogP contribution in [0.4, 0.5) is 13.2 Å². The molecular weight excluding hydrogens is 455 g/mol. The minimum Gasteiger partial charge on any atom is -0.507 e. The van der Waals surface area contributed by atoms with Gasteiger partial charge in [-0.3, -0.25) is 5.10 Å². The highest BCUT2D eigenvalue weighted by Gasteiger charge is 2.38. The van der Waals surface area contributed by atoms with E-state index in [0.29, 0.717) is 16.3 Å². The molecule has 0 bridgehead atoms. The number of nitrogens with one attached hydrogen (secondary N) is 1. The summed E-state index contributed by atoms with van der Waals surface area (Å²) in [6.07, 6.45) is -4.70. The van der Waals surface area contributed by atoms with Gasteiger partial charge in [0.2, 0.25) is 0 Å². The van der Waals surface area contributed by atoms with E-state index < -0.39 is 11.9 Å². The van der Waals surface area contributed by atoms with Gasteiger partial charge in [0.05, 0.1) is 11.6 Å². The standard InChI is InChI=1S/C24H15ClF3N3O2/c25-17-7-3-15(4-8-17)13-33-18-9-10-19(20(32)11-18)22-21(23(31-30-22)24(26,27)28)16-5-1-14(12-29)2-6-16/h1-11,32H,13H2,(H,30,31). The summed E-state index contributed by atoms with van der Waals surface area (Å²) in [6, 6.07) is 18.9. The summed E-state index contributed by atoms with van der Waals surface area (Å²) >= 11 is 5.86. The van der Waals surface area contributed by atoms with E-state index in [9.17, 15) is 18.3 Å². The summed E-state index contributed by atoms with van der Waals surface area (Å²) in [5.41, 5.74) is 0.110. The van der Waals surface area contributed by atoms with Crippen LogP contribution in [0.15, 0.2) is 66.7 Å². The Kier molecular flexibility index (Phi) is 5.99. The summed E-state index contributed by atoms with van der Waals surface area (Å²) in [4.78, 5) is 0. The molecule has 9 heteroatoms. The molecule has 4 rings (SSSR count). The number of hydrogen-bond donors (Lipinski definition) is 2. The van der Waals surface area contributed by atoms with Gasteiger partial charge in [0.25, 0.3) is 0 Å². The van der Waals surface area contributed by atoms with E-state index in [2.05, 4.69) is 5.10 Å². The largest absolute Gasteiger partial charge is 0.507 e. The van der Waals surface area contributed by atoms with Crippen LogP contribution in [-0.4, -0.2) is 15.3 Å². The van der Waals surface area contributed by atoms with Gasteiger partial charge in [-0.15, -0.1) is 0 Å². The number of phenolic OH excluding ortho intramolecular Hbond substituents is 1. The molecule has 0 radical (unpaired) electrons. The molecule has 0 unspecified atom stereocenters. The molecule has 166 valence electrons. The maximum atomic E-state index is 13.6. The number of benzene rings is 3. The Labute approximate surface area is 191 Å². The van der Waals surface area contributed by atoms with Crippen molar-refractivity contribution < 1.29 is 23.0 Å². The highest BCUT2D eigenvalue weighted by Crippen LogP contribution is 2.43. The van der Waals surface area contributed by atoms with Crippen LogP contribution < -0.4 is 4.74 Å². The van der Waals surface area contributed by atoms with Gasteiger partial charge in [0, 0.05) is 22.2 Å². The van der Waals surface area contributed by atoms with Gasteiger partial charge in [-0.1, -0.05) is 35.9 Å². The quantitative estimate of drug-likeness (QED) is 0.346. The van der Waals surface area contributed by atoms with E-state index >= 15 is 0 Å². The first-order valence-electron chi connectivity index (χ1n) is 9.63. The number of aromatic amines is 1. The van der Waals surface area contributed by atoms with E-state index in [1.807, 2.05) is 11.2 Å². The minimum absolute atomic E-state index is 0.0752. The molecule has 0 aliphatic carbocycles. The predicted octanol–water partition coefficient (Wildman–Crippen LogP) is 6.57. The summed E-state index contributed by atoms with van der Waals surface area (Å²) < 4.78 is 46.6. The highest BCUT2D eigenvalue weighted by atomic mass is 35.5. The van der Waals surface area contributed by atoms with E-state index in [1.165, 1.54) is 42.5 Å². The van der Waals surface area contributed by atoms with Gasteiger partial charge in [-0.05, 0) is 47.5 Å². The van der Waals surface area contributed by atoms with Crippen LogP contribution in [0.1, 0.15) is 16.8 Å². The highest BCUT2D eigenvalue weighted by molar-refractivity contribution is 6.30. The Morgan fingerprint density at radius 3 is 2.33 bits per heavy atom. The zero-order valence-corrected chi connectivity index (χ0v) is 17.6. The fraction of sp³-hybridized carbons (Fsp3) is 0.0833. The third kappa shape index (κ3) is 4.78. The predicted molar refractivity (Wildman–Crippen MR) is 117 cm³/mol. The van der Waals surface area contributed by atoms with E-state index in [1.54, 1.807) is 24.3 Å². The molecule has 0 aliphatic heterocycles. The smallest absolute Gasteiger partial charge is 0.433 e. The lowest BCUT2D eigenvalue weighted by Crippen LogP contribution is -2.07. The van der Waals surface area contributed by atoms with Crippen molar-refractivity contribution in [2.24, 2.45) is 0 Å². The van der Waals surface area contributed by atoms with Crippen LogP contribution in [0.3, 0.4) is 0 Å². The second kappa shape index (κ2) is 8.88. The molecule has 0 aliphatic rings. The third-order valence-corrected chi connectivity index (χ3v) is 5.15. The molecule has 0 saturated carbocycles. The van der Waals surface area contributed by atoms with Crippen molar-refractivity contribution in [3.8, 4) is 40.0 Å². The Bertz CT molecular complexity index is 1330. The first-order valence-corrected chi connectivity index (χ1v) is 10.0. The number of aromatic hydroxyl groups is 1. The zero-order chi connectivity index (χ0) is 23.6. The Hall–Kier alpha value is -3.96. The number of hydrogen-bond acceptors (Lipinski definition) is 4. The normalized spacial score (nSPS) is 11.2. The molecule has 2 N–H and O–H groups in total. The second-order valence-corrected chi connectivity index (χ2v) is 7.54. The molecule has 1 heterocycles. The Morgan fingerprint density at radius 1 is 1.03 bits per heavy atom. The number of H-pyrrole nitrogens is 1. The van der Waals surface area contributed by atoms with Crippen molar-refractivity contribution in [3.63, 3.8) is 0 Å². The lowest BCUT2D eigenvalue weighted by atomic mass is 9.97. The summed E-state index contributed by atoms with van der Waals surface area (Å²) in [7, 11) is 0. The van der Waals surface area contributed by atoms with Crippen molar-refractivity contribution >= 4 is 11.6 Å².